The molecule has 0 radical (unpaired) electrons. The lowest BCUT2D eigenvalue weighted by molar-refractivity contribution is -0.129. The molecule has 1 N–H and O–H groups in total. The van der Waals surface area contributed by atoms with Gasteiger partial charge >= 0.3 is 0 Å². The van der Waals surface area contributed by atoms with E-state index in [0.717, 1.165) is 51.4 Å². The van der Waals surface area contributed by atoms with Crippen LogP contribution in [-0.4, -0.2) is 73.9 Å². The molecule has 0 aliphatic carbocycles. The van der Waals surface area contributed by atoms with Gasteiger partial charge in [-0.2, -0.15) is 0 Å². The zero-order valence-electron chi connectivity index (χ0n) is 16.2. The van der Waals surface area contributed by atoms with Crippen molar-refractivity contribution < 1.29 is 14.3 Å². The van der Waals surface area contributed by atoms with Crippen molar-refractivity contribution in [3.63, 3.8) is 0 Å². The van der Waals surface area contributed by atoms with Gasteiger partial charge in [0.25, 0.3) is 0 Å². The Balaban J connectivity index is 1.43. The molecule has 4 rings (SSSR count). The maximum absolute atomic E-state index is 12.4. The van der Waals surface area contributed by atoms with Gasteiger partial charge in [0, 0.05) is 38.1 Å². The van der Waals surface area contributed by atoms with E-state index in [2.05, 4.69) is 33.3 Å². The van der Waals surface area contributed by atoms with E-state index in [1.807, 2.05) is 6.07 Å². The van der Waals surface area contributed by atoms with Crippen LogP contribution in [0.5, 0.6) is 5.75 Å². The largest absolute Gasteiger partial charge is 0.497 e. The van der Waals surface area contributed by atoms with Crippen LogP contribution in [0.3, 0.4) is 0 Å². The Kier molecular flexibility index (Phi) is 5.95. The molecule has 6 nitrogen and oxygen atoms in total. The second-order valence-electron chi connectivity index (χ2n) is 7.91. The number of methoxy groups -OCH3 is 1. The average molecular weight is 373 g/mol. The lowest BCUT2D eigenvalue weighted by atomic mass is 9.98. The number of benzene rings is 1. The molecular formula is C21H31N3O3. The molecule has 3 fully saturated rings. The number of rotatable bonds is 5. The van der Waals surface area contributed by atoms with Crippen LogP contribution < -0.4 is 10.1 Å². The van der Waals surface area contributed by atoms with Crippen molar-refractivity contribution in [3.05, 3.63) is 29.8 Å². The fourth-order valence-electron chi connectivity index (χ4n) is 4.86. The number of hydrogen-bond donors (Lipinski definition) is 1. The van der Waals surface area contributed by atoms with Gasteiger partial charge in [0.1, 0.15) is 5.75 Å². The number of carbonyl (C=O) groups is 1. The summed E-state index contributed by atoms with van der Waals surface area (Å²) in [6.45, 7) is 4.52. The average Bonchev–Trinajstić information content (AvgIpc) is 3.16. The van der Waals surface area contributed by atoms with E-state index >= 15 is 0 Å². The predicted molar refractivity (Wildman–Crippen MR) is 104 cm³/mol. The zero-order valence-corrected chi connectivity index (χ0v) is 16.2. The first-order valence-corrected chi connectivity index (χ1v) is 10.2. The summed E-state index contributed by atoms with van der Waals surface area (Å²) in [6, 6.07) is 9.17. The van der Waals surface area contributed by atoms with E-state index in [1.54, 1.807) is 7.11 Å². The Hall–Kier alpha value is -1.63. The number of nitrogens with zero attached hydrogens (tertiary/aromatic N) is 2. The zero-order chi connectivity index (χ0) is 18.6. The Labute approximate surface area is 161 Å². The molecule has 2 unspecified atom stereocenters. The summed E-state index contributed by atoms with van der Waals surface area (Å²) in [4.78, 5) is 17.4. The van der Waals surface area contributed by atoms with Crippen LogP contribution in [0.4, 0.5) is 0 Å². The maximum Gasteiger partial charge on any atom is 0.222 e. The molecule has 0 saturated carbocycles. The molecule has 3 aliphatic rings. The van der Waals surface area contributed by atoms with E-state index in [0.29, 0.717) is 18.5 Å². The third-order valence-electron chi connectivity index (χ3n) is 6.23. The first kappa shape index (κ1) is 18.7. The molecule has 0 aromatic heterocycles. The molecule has 148 valence electrons. The van der Waals surface area contributed by atoms with Crippen molar-refractivity contribution in [3.8, 4) is 5.75 Å². The predicted octanol–water partition coefficient (Wildman–Crippen LogP) is 1.64. The highest BCUT2D eigenvalue weighted by molar-refractivity contribution is 5.77. The maximum atomic E-state index is 12.4. The second kappa shape index (κ2) is 8.59. The van der Waals surface area contributed by atoms with Crippen molar-refractivity contribution >= 4 is 5.91 Å². The quantitative estimate of drug-likeness (QED) is 0.850. The Morgan fingerprint density at radius 2 is 2.11 bits per heavy atom. The van der Waals surface area contributed by atoms with Gasteiger partial charge < -0.3 is 14.8 Å². The number of likely N-dealkylation sites (tertiary alicyclic amines) is 1. The van der Waals surface area contributed by atoms with Crippen molar-refractivity contribution in [2.45, 2.75) is 50.4 Å². The topological polar surface area (TPSA) is 54.0 Å². The summed E-state index contributed by atoms with van der Waals surface area (Å²) in [6.07, 6.45) is 5.17. The van der Waals surface area contributed by atoms with Gasteiger partial charge in [-0.05, 0) is 43.4 Å². The first-order valence-electron chi connectivity index (χ1n) is 10.2. The van der Waals surface area contributed by atoms with Gasteiger partial charge in [0.15, 0.2) is 0 Å². The molecule has 27 heavy (non-hydrogen) atoms. The van der Waals surface area contributed by atoms with Crippen LogP contribution in [0.1, 0.15) is 31.2 Å². The smallest absolute Gasteiger partial charge is 0.222 e. The van der Waals surface area contributed by atoms with E-state index in [-0.39, 0.29) is 12.1 Å². The van der Waals surface area contributed by atoms with E-state index in [9.17, 15) is 4.79 Å². The Morgan fingerprint density at radius 3 is 2.93 bits per heavy atom. The normalized spacial score (nSPS) is 30.3. The minimum absolute atomic E-state index is 0.150. The highest BCUT2D eigenvalue weighted by Crippen LogP contribution is 2.28. The summed E-state index contributed by atoms with van der Waals surface area (Å²) < 4.78 is 10.9. The summed E-state index contributed by atoms with van der Waals surface area (Å²) in [7, 11) is 1.71. The highest BCUT2D eigenvalue weighted by atomic mass is 16.5. The Morgan fingerprint density at radius 1 is 1.26 bits per heavy atom. The van der Waals surface area contributed by atoms with Gasteiger partial charge in [-0.3, -0.25) is 14.6 Å². The fraction of sp³-hybridized carbons (Fsp3) is 0.667. The highest BCUT2D eigenvalue weighted by Gasteiger charge is 2.38. The molecule has 3 aliphatic heterocycles. The van der Waals surface area contributed by atoms with Gasteiger partial charge in [0.2, 0.25) is 5.91 Å². The molecule has 1 amide bonds. The lowest BCUT2D eigenvalue weighted by Gasteiger charge is -2.43. The van der Waals surface area contributed by atoms with Crippen LogP contribution in [0.2, 0.25) is 0 Å². The van der Waals surface area contributed by atoms with Crippen molar-refractivity contribution in [1.29, 1.82) is 0 Å². The molecule has 0 bridgehead atoms. The molecule has 3 atom stereocenters. The minimum Gasteiger partial charge on any atom is -0.497 e. The van der Waals surface area contributed by atoms with Crippen molar-refractivity contribution in [2.75, 3.05) is 40.0 Å². The standard InChI is InChI=1S/C21H31N3O3/c1-26-19-6-2-4-16(13-19)12-17-5-3-7-24(17)20-14-18(15-21(25)22-20)23-8-10-27-11-9-23/h2,4,6,13,17-18,20H,3,5,7-12,14-15H2,1H3,(H,22,25)/t17-,18?,20?/m1/s1. The third kappa shape index (κ3) is 4.45. The summed E-state index contributed by atoms with van der Waals surface area (Å²) in [5, 5.41) is 3.27. The number of nitrogens with one attached hydrogen (secondary N) is 1. The second-order valence-corrected chi connectivity index (χ2v) is 7.91. The van der Waals surface area contributed by atoms with E-state index in [4.69, 9.17) is 9.47 Å². The van der Waals surface area contributed by atoms with E-state index in [1.165, 1.54) is 18.4 Å². The van der Waals surface area contributed by atoms with E-state index < -0.39 is 0 Å². The number of piperidine rings is 1. The lowest BCUT2D eigenvalue weighted by Crippen LogP contribution is -2.59. The fourth-order valence-corrected chi connectivity index (χ4v) is 4.86. The summed E-state index contributed by atoms with van der Waals surface area (Å²) >= 11 is 0. The van der Waals surface area contributed by atoms with Crippen LogP contribution in [0.25, 0.3) is 0 Å². The SMILES string of the molecule is COc1cccc(C[C@H]2CCCN2C2CC(N3CCOCC3)CC(=O)N2)c1. The molecule has 6 heteroatoms. The minimum atomic E-state index is 0.150. The molecule has 0 spiro atoms. The van der Waals surface area contributed by atoms with Crippen LogP contribution in [0.15, 0.2) is 24.3 Å². The molecular weight excluding hydrogens is 342 g/mol. The number of morpholine rings is 1. The summed E-state index contributed by atoms with van der Waals surface area (Å²) in [5.74, 6) is 1.10. The molecule has 3 heterocycles. The van der Waals surface area contributed by atoms with Gasteiger partial charge in [0.05, 0.1) is 26.5 Å². The van der Waals surface area contributed by atoms with Crippen LogP contribution in [-0.2, 0) is 16.0 Å². The molecule has 1 aromatic rings. The third-order valence-corrected chi connectivity index (χ3v) is 6.23. The van der Waals surface area contributed by atoms with Crippen LogP contribution in [0, 0.1) is 0 Å². The molecule has 3 saturated heterocycles. The van der Waals surface area contributed by atoms with Gasteiger partial charge in [-0.1, -0.05) is 12.1 Å². The number of carbonyl (C=O) groups excluding carboxylic acids is 1. The first-order chi connectivity index (χ1) is 13.2. The van der Waals surface area contributed by atoms with Gasteiger partial charge in [-0.25, -0.2) is 0 Å². The monoisotopic (exact) mass is 373 g/mol. The number of hydrogen-bond acceptors (Lipinski definition) is 5. The summed E-state index contributed by atoms with van der Waals surface area (Å²) in [5.41, 5.74) is 1.30. The van der Waals surface area contributed by atoms with Crippen molar-refractivity contribution in [2.24, 2.45) is 0 Å². The number of amides is 1. The number of ether oxygens (including phenoxy) is 2. The van der Waals surface area contributed by atoms with Crippen molar-refractivity contribution in [1.82, 2.24) is 15.1 Å². The molecule has 1 aromatic carbocycles. The Bertz CT molecular complexity index is 647. The van der Waals surface area contributed by atoms with Gasteiger partial charge in [-0.15, -0.1) is 0 Å². The van der Waals surface area contributed by atoms with Crippen LogP contribution >= 0.6 is 0 Å².